The number of nitriles is 1. The zero-order valence-corrected chi connectivity index (χ0v) is 10.6. The van der Waals surface area contributed by atoms with E-state index in [2.05, 4.69) is 0 Å². The predicted octanol–water partition coefficient (Wildman–Crippen LogP) is 2.83. The van der Waals surface area contributed by atoms with Crippen molar-refractivity contribution in [2.45, 2.75) is 4.90 Å². The maximum atomic E-state index is 11.3. The smallest absolute Gasteiger partial charge is 0.175 e. The van der Waals surface area contributed by atoms with Crippen molar-refractivity contribution >= 4 is 42.9 Å². The first kappa shape index (κ1) is 11.4. The minimum Gasteiger partial charge on any atom is -0.224 e. The SMILES string of the molecule is CS(=O)(=O)c1ccc2c(Cl)c(C#N)sc2c1. The first-order valence-corrected chi connectivity index (χ1v) is 7.34. The zero-order valence-electron chi connectivity index (χ0n) is 8.19. The van der Waals surface area contributed by atoms with Crippen LogP contribution in [-0.2, 0) is 9.84 Å². The maximum absolute atomic E-state index is 11.3. The van der Waals surface area contributed by atoms with Crippen molar-refractivity contribution in [3.05, 3.63) is 28.1 Å². The molecule has 1 aromatic heterocycles. The van der Waals surface area contributed by atoms with Crippen LogP contribution in [0, 0.1) is 11.3 Å². The molecule has 0 saturated carbocycles. The Hall–Kier alpha value is -1.09. The van der Waals surface area contributed by atoms with Gasteiger partial charge in [0.2, 0.25) is 0 Å². The van der Waals surface area contributed by atoms with Gasteiger partial charge in [-0.1, -0.05) is 17.7 Å². The molecule has 0 aliphatic heterocycles. The molecular weight excluding hydrogens is 266 g/mol. The fourth-order valence-corrected chi connectivity index (χ4v) is 3.38. The maximum Gasteiger partial charge on any atom is 0.175 e. The van der Waals surface area contributed by atoms with E-state index in [1.165, 1.54) is 17.4 Å². The number of rotatable bonds is 1. The average molecular weight is 272 g/mol. The summed E-state index contributed by atoms with van der Waals surface area (Å²) in [6.45, 7) is 0. The molecular formula is C10H6ClNO2S2. The number of hydrogen-bond acceptors (Lipinski definition) is 4. The van der Waals surface area contributed by atoms with Gasteiger partial charge in [-0.3, -0.25) is 0 Å². The Morgan fingerprint density at radius 2 is 2.12 bits per heavy atom. The van der Waals surface area contributed by atoms with Gasteiger partial charge in [-0.15, -0.1) is 11.3 Å². The topological polar surface area (TPSA) is 57.9 Å². The van der Waals surface area contributed by atoms with Gasteiger partial charge in [-0.05, 0) is 12.1 Å². The number of fused-ring (bicyclic) bond motifs is 1. The highest BCUT2D eigenvalue weighted by Gasteiger charge is 2.13. The standard InChI is InChI=1S/C10H6ClNO2S2/c1-16(13,14)6-2-3-7-8(4-6)15-9(5-12)10(7)11/h2-4H,1H3. The zero-order chi connectivity index (χ0) is 11.9. The van der Waals surface area contributed by atoms with Crippen LogP contribution in [0.1, 0.15) is 4.88 Å². The Morgan fingerprint density at radius 3 is 2.69 bits per heavy atom. The Bertz CT molecular complexity index is 710. The Labute approximate surface area is 102 Å². The van der Waals surface area contributed by atoms with Crippen molar-refractivity contribution in [2.24, 2.45) is 0 Å². The summed E-state index contributed by atoms with van der Waals surface area (Å²) in [4.78, 5) is 0.643. The summed E-state index contributed by atoms with van der Waals surface area (Å²) >= 11 is 7.16. The molecule has 0 saturated heterocycles. The second-order valence-electron chi connectivity index (χ2n) is 3.29. The molecule has 0 bridgehead atoms. The minimum absolute atomic E-state index is 0.238. The molecule has 0 aliphatic rings. The largest absolute Gasteiger partial charge is 0.224 e. The van der Waals surface area contributed by atoms with Crippen molar-refractivity contribution in [3.8, 4) is 6.07 Å². The lowest BCUT2D eigenvalue weighted by atomic mass is 10.2. The summed E-state index contributed by atoms with van der Waals surface area (Å²) in [6.07, 6.45) is 1.15. The van der Waals surface area contributed by atoms with Crippen LogP contribution in [0.5, 0.6) is 0 Å². The van der Waals surface area contributed by atoms with E-state index in [0.717, 1.165) is 11.6 Å². The summed E-state index contributed by atoms with van der Waals surface area (Å²) in [5.74, 6) is 0. The molecule has 16 heavy (non-hydrogen) atoms. The second kappa shape index (κ2) is 3.74. The van der Waals surface area contributed by atoms with E-state index in [0.29, 0.717) is 14.6 Å². The molecule has 0 atom stereocenters. The van der Waals surface area contributed by atoms with Crippen molar-refractivity contribution in [1.29, 1.82) is 5.26 Å². The molecule has 0 radical (unpaired) electrons. The molecule has 3 nitrogen and oxygen atoms in total. The quantitative estimate of drug-likeness (QED) is 0.801. The molecule has 0 aliphatic carbocycles. The van der Waals surface area contributed by atoms with Gasteiger partial charge in [0, 0.05) is 16.3 Å². The lowest BCUT2D eigenvalue weighted by Gasteiger charge is -1.97. The summed E-state index contributed by atoms with van der Waals surface area (Å²) in [7, 11) is -3.22. The van der Waals surface area contributed by atoms with Crippen LogP contribution in [0.15, 0.2) is 23.1 Å². The molecule has 2 rings (SSSR count). The van der Waals surface area contributed by atoms with E-state index in [-0.39, 0.29) is 4.90 Å². The van der Waals surface area contributed by atoms with Gasteiger partial charge in [0.1, 0.15) is 10.9 Å². The molecule has 0 N–H and O–H groups in total. The average Bonchev–Trinajstić information content (AvgIpc) is 2.54. The van der Waals surface area contributed by atoms with Crippen LogP contribution in [0.3, 0.4) is 0 Å². The number of benzene rings is 1. The summed E-state index contributed by atoms with van der Waals surface area (Å²) < 4.78 is 23.4. The van der Waals surface area contributed by atoms with Crippen LogP contribution < -0.4 is 0 Å². The number of sulfone groups is 1. The molecule has 0 unspecified atom stereocenters. The van der Waals surface area contributed by atoms with Crippen molar-refractivity contribution in [1.82, 2.24) is 0 Å². The van der Waals surface area contributed by atoms with Crippen LogP contribution in [0.25, 0.3) is 10.1 Å². The van der Waals surface area contributed by atoms with Crippen LogP contribution in [-0.4, -0.2) is 14.7 Å². The van der Waals surface area contributed by atoms with Gasteiger partial charge < -0.3 is 0 Å². The number of halogens is 1. The van der Waals surface area contributed by atoms with E-state index < -0.39 is 9.84 Å². The highest BCUT2D eigenvalue weighted by molar-refractivity contribution is 7.90. The normalized spacial score (nSPS) is 11.6. The van der Waals surface area contributed by atoms with E-state index in [9.17, 15) is 8.42 Å². The Morgan fingerprint density at radius 1 is 1.44 bits per heavy atom. The molecule has 0 spiro atoms. The third-order valence-corrected chi connectivity index (χ3v) is 4.80. The lowest BCUT2D eigenvalue weighted by Crippen LogP contribution is -1.95. The molecule has 0 fully saturated rings. The van der Waals surface area contributed by atoms with Crippen LogP contribution in [0.4, 0.5) is 0 Å². The summed E-state index contributed by atoms with van der Waals surface area (Å²) in [5, 5.41) is 9.92. The molecule has 2 aromatic rings. The highest BCUT2D eigenvalue weighted by atomic mass is 35.5. The van der Waals surface area contributed by atoms with Crippen molar-refractivity contribution in [2.75, 3.05) is 6.26 Å². The first-order chi connectivity index (χ1) is 7.43. The van der Waals surface area contributed by atoms with Gasteiger partial charge in [-0.2, -0.15) is 5.26 Å². The van der Waals surface area contributed by atoms with Gasteiger partial charge in [-0.25, -0.2) is 8.42 Å². The Kier molecular flexibility index (Phi) is 2.66. The summed E-state index contributed by atoms with van der Waals surface area (Å²) in [6, 6.07) is 6.65. The minimum atomic E-state index is -3.22. The molecule has 1 aromatic carbocycles. The van der Waals surface area contributed by atoms with Crippen molar-refractivity contribution in [3.63, 3.8) is 0 Å². The second-order valence-corrected chi connectivity index (χ2v) is 6.73. The first-order valence-electron chi connectivity index (χ1n) is 4.25. The van der Waals surface area contributed by atoms with Crippen LogP contribution >= 0.6 is 22.9 Å². The van der Waals surface area contributed by atoms with E-state index >= 15 is 0 Å². The lowest BCUT2D eigenvalue weighted by molar-refractivity contribution is 0.602. The number of nitrogens with zero attached hydrogens (tertiary/aromatic N) is 1. The van der Waals surface area contributed by atoms with Crippen molar-refractivity contribution < 1.29 is 8.42 Å². The van der Waals surface area contributed by atoms with E-state index in [1.807, 2.05) is 6.07 Å². The summed E-state index contributed by atoms with van der Waals surface area (Å²) in [5.41, 5.74) is 0. The molecule has 1 heterocycles. The third-order valence-electron chi connectivity index (χ3n) is 2.13. The van der Waals surface area contributed by atoms with E-state index in [1.54, 1.807) is 12.1 Å². The Balaban J connectivity index is 2.79. The number of thiophene rings is 1. The molecule has 0 amide bonds. The monoisotopic (exact) mass is 271 g/mol. The number of hydrogen-bond donors (Lipinski definition) is 0. The highest BCUT2D eigenvalue weighted by Crippen LogP contribution is 2.35. The predicted molar refractivity (Wildman–Crippen MR) is 64.7 cm³/mol. The van der Waals surface area contributed by atoms with Crippen LogP contribution in [0.2, 0.25) is 5.02 Å². The van der Waals surface area contributed by atoms with E-state index in [4.69, 9.17) is 16.9 Å². The molecule has 6 heteroatoms. The van der Waals surface area contributed by atoms with Gasteiger partial charge in [0.05, 0.1) is 9.92 Å². The third kappa shape index (κ3) is 1.80. The fourth-order valence-electron chi connectivity index (χ4n) is 1.35. The fraction of sp³-hybridized carbons (Fsp3) is 0.100. The van der Waals surface area contributed by atoms with Gasteiger partial charge >= 0.3 is 0 Å². The van der Waals surface area contributed by atoms with Gasteiger partial charge in [0.15, 0.2) is 9.84 Å². The molecule has 82 valence electrons. The van der Waals surface area contributed by atoms with Gasteiger partial charge in [0.25, 0.3) is 0 Å².